The highest BCUT2D eigenvalue weighted by atomic mass is 35.5. The van der Waals surface area contributed by atoms with Crippen molar-refractivity contribution in [3.8, 4) is 0 Å². The molecule has 0 amide bonds. The Morgan fingerprint density at radius 3 is 2.89 bits per heavy atom. The molecule has 1 aromatic heterocycles. The fourth-order valence-electron chi connectivity index (χ4n) is 1.92. The monoisotopic (exact) mass is 287 g/mol. The summed E-state index contributed by atoms with van der Waals surface area (Å²) >= 11 is 7.94. The van der Waals surface area contributed by atoms with E-state index in [0.717, 1.165) is 18.8 Å². The van der Waals surface area contributed by atoms with Gasteiger partial charge in [0.25, 0.3) is 0 Å². The van der Waals surface area contributed by atoms with E-state index in [1.165, 1.54) is 0 Å². The summed E-state index contributed by atoms with van der Waals surface area (Å²) in [5.74, 6) is 2.31. The molecule has 2 atom stereocenters. The number of aromatic nitrogens is 3. The second-order valence-corrected chi connectivity index (χ2v) is 6.09. The Balaban J connectivity index is 2.26. The van der Waals surface area contributed by atoms with Gasteiger partial charge in [-0.25, -0.2) is 0 Å². The maximum absolute atomic E-state index is 5.95. The van der Waals surface area contributed by atoms with Crippen molar-refractivity contribution in [3.63, 3.8) is 0 Å². The number of anilines is 2. The SMILES string of the molecule is CCNc1nc(Cl)nc(N2CCSC(C)C2C)n1. The van der Waals surface area contributed by atoms with Crippen LogP contribution < -0.4 is 10.2 Å². The molecule has 100 valence electrons. The number of nitrogens with one attached hydrogen (secondary N) is 1. The van der Waals surface area contributed by atoms with E-state index in [1.807, 2.05) is 18.7 Å². The van der Waals surface area contributed by atoms with Crippen LogP contribution in [0, 0.1) is 0 Å². The maximum Gasteiger partial charge on any atom is 0.231 e. The molecule has 5 nitrogen and oxygen atoms in total. The molecule has 2 rings (SSSR count). The van der Waals surface area contributed by atoms with Crippen LogP contribution in [0.25, 0.3) is 0 Å². The van der Waals surface area contributed by atoms with Crippen molar-refractivity contribution in [3.05, 3.63) is 5.28 Å². The molecule has 1 aliphatic rings. The fraction of sp³-hybridized carbons (Fsp3) is 0.727. The van der Waals surface area contributed by atoms with E-state index in [2.05, 4.69) is 39.0 Å². The lowest BCUT2D eigenvalue weighted by atomic mass is 10.2. The summed E-state index contributed by atoms with van der Waals surface area (Å²) in [7, 11) is 0. The third-order valence-electron chi connectivity index (χ3n) is 3.07. The lowest BCUT2D eigenvalue weighted by Gasteiger charge is -2.37. The Hall–Kier alpha value is -0.750. The molecule has 7 heteroatoms. The first-order valence-corrected chi connectivity index (χ1v) is 7.58. The van der Waals surface area contributed by atoms with Gasteiger partial charge in [-0.1, -0.05) is 6.92 Å². The molecule has 1 N–H and O–H groups in total. The number of thioether (sulfide) groups is 1. The third-order valence-corrected chi connectivity index (χ3v) is 4.58. The summed E-state index contributed by atoms with van der Waals surface area (Å²) in [5.41, 5.74) is 0. The summed E-state index contributed by atoms with van der Waals surface area (Å²) in [6, 6.07) is 0.400. The summed E-state index contributed by atoms with van der Waals surface area (Å²) in [6.45, 7) is 8.14. The highest BCUT2D eigenvalue weighted by Crippen LogP contribution is 2.27. The van der Waals surface area contributed by atoms with E-state index in [0.29, 0.717) is 23.2 Å². The van der Waals surface area contributed by atoms with Crippen LogP contribution >= 0.6 is 23.4 Å². The minimum absolute atomic E-state index is 0.244. The predicted octanol–water partition coefficient (Wildman–Crippen LogP) is 2.29. The van der Waals surface area contributed by atoms with Crippen LogP contribution in [0.2, 0.25) is 5.28 Å². The number of hydrogen-bond acceptors (Lipinski definition) is 6. The third kappa shape index (κ3) is 2.98. The minimum atomic E-state index is 0.244. The number of rotatable bonds is 3. The van der Waals surface area contributed by atoms with Crippen LogP contribution in [0.1, 0.15) is 20.8 Å². The van der Waals surface area contributed by atoms with Crippen LogP contribution in [0.3, 0.4) is 0 Å². The Morgan fingerprint density at radius 1 is 1.39 bits per heavy atom. The minimum Gasteiger partial charge on any atom is -0.354 e. The van der Waals surface area contributed by atoms with Gasteiger partial charge >= 0.3 is 0 Å². The molecule has 1 aliphatic heterocycles. The lowest BCUT2D eigenvalue weighted by Crippen LogP contribution is -2.45. The molecule has 0 aromatic carbocycles. The van der Waals surface area contributed by atoms with E-state index in [1.54, 1.807) is 0 Å². The molecule has 0 aliphatic carbocycles. The van der Waals surface area contributed by atoms with Gasteiger partial charge in [-0.3, -0.25) is 0 Å². The number of hydrogen-bond donors (Lipinski definition) is 1. The zero-order valence-corrected chi connectivity index (χ0v) is 12.4. The Bertz CT molecular complexity index is 416. The van der Waals surface area contributed by atoms with Crippen LogP contribution in [0.4, 0.5) is 11.9 Å². The quantitative estimate of drug-likeness (QED) is 0.920. The first-order valence-electron chi connectivity index (χ1n) is 6.15. The molecule has 1 saturated heterocycles. The topological polar surface area (TPSA) is 53.9 Å². The maximum atomic E-state index is 5.95. The number of halogens is 1. The highest BCUT2D eigenvalue weighted by Gasteiger charge is 2.27. The van der Waals surface area contributed by atoms with E-state index in [-0.39, 0.29) is 5.28 Å². The second-order valence-electron chi connectivity index (χ2n) is 4.27. The van der Waals surface area contributed by atoms with Crippen LogP contribution in [-0.2, 0) is 0 Å². The molecule has 2 unspecified atom stereocenters. The molecule has 0 spiro atoms. The van der Waals surface area contributed by atoms with Crippen molar-refractivity contribution >= 4 is 35.3 Å². The van der Waals surface area contributed by atoms with E-state index in [9.17, 15) is 0 Å². The molecule has 1 fully saturated rings. The van der Waals surface area contributed by atoms with Crippen LogP contribution in [0.15, 0.2) is 0 Å². The van der Waals surface area contributed by atoms with Gasteiger partial charge in [0.05, 0.1) is 0 Å². The van der Waals surface area contributed by atoms with Gasteiger partial charge in [0.2, 0.25) is 17.2 Å². The van der Waals surface area contributed by atoms with Crippen molar-refractivity contribution in [1.82, 2.24) is 15.0 Å². The second kappa shape index (κ2) is 5.93. The molecular formula is C11H18ClN5S. The average Bonchev–Trinajstić information content (AvgIpc) is 2.32. The van der Waals surface area contributed by atoms with Gasteiger partial charge in [0.15, 0.2) is 0 Å². The molecule has 2 heterocycles. The normalized spacial score (nSPS) is 24.1. The van der Waals surface area contributed by atoms with Gasteiger partial charge in [-0.05, 0) is 25.4 Å². The first-order chi connectivity index (χ1) is 8.61. The Morgan fingerprint density at radius 2 is 2.17 bits per heavy atom. The smallest absolute Gasteiger partial charge is 0.231 e. The molecule has 0 radical (unpaired) electrons. The summed E-state index contributed by atoms with van der Waals surface area (Å²) < 4.78 is 0. The highest BCUT2D eigenvalue weighted by molar-refractivity contribution is 8.00. The van der Waals surface area contributed by atoms with E-state index < -0.39 is 0 Å². The molecular weight excluding hydrogens is 270 g/mol. The van der Waals surface area contributed by atoms with E-state index >= 15 is 0 Å². The average molecular weight is 288 g/mol. The van der Waals surface area contributed by atoms with Gasteiger partial charge in [-0.15, -0.1) is 0 Å². The van der Waals surface area contributed by atoms with Gasteiger partial charge in [-0.2, -0.15) is 26.7 Å². The van der Waals surface area contributed by atoms with Crippen molar-refractivity contribution in [1.29, 1.82) is 0 Å². The van der Waals surface area contributed by atoms with Gasteiger partial charge < -0.3 is 10.2 Å². The fourth-order valence-corrected chi connectivity index (χ4v) is 3.18. The largest absolute Gasteiger partial charge is 0.354 e. The van der Waals surface area contributed by atoms with Crippen LogP contribution in [0.5, 0.6) is 0 Å². The van der Waals surface area contributed by atoms with Gasteiger partial charge in [0, 0.05) is 30.1 Å². The standard InChI is InChI=1S/C11H18ClN5S/c1-4-13-10-14-9(12)15-11(16-10)17-5-6-18-8(3)7(17)2/h7-8H,4-6H2,1-3H3,(H,13,14,15,16). The summed E-state index contributed by atoms with van der Waals surface area (Å²) in [4.78, 5) is 14.9. The summed E-state index contributed by atoms with van der Waals surface area (Å²) in [5, 5.41) is 3.89. The Kier molecular flexibility index (Phi) is 4.50. The van der Waals surface area contributed by atoms with Gasteiger partial charge in [0.1, 0.15) is 0 Å². The van der Waals surface area contributed by atoms with E-state index in [4.69, 9.17) is 11.6 Å². The Labute approximate surface area is 117 Å². The number of nitrogens with zero attached hydrogens (tertiary/aromatic N) is 4. The predicted molar refractivity (Wildman–Crippen MR) is 77.7 cm³/mol. The van der Waals surface area contributed by atoms with Crippen molar-refractivity contribution in [2.45, 2.75) is 32.1 Å². The summed E-state index contributed by atoms with van der Waals surface area (Å²) in [6.07, 6.45) is 0. The lowest BCUT2D eigenvalue weighted by molar-refractivity contribution is 0.611. The molecule has 0 bridgehead atoms. The van der Waals surface area contributed by atoms with Crippen molar-refractivity contribution in [2.24, 2.45) is 0 Å². The zero-order valence-electron chi connectivity index (χ0n) is 10.9. The zero-order chi connectivity index (χ0) is 13.1. The molecule has 1 aromatic rings. The molecule has 18 heavy (non-hydrogen) atoms. The first kappa shape index (κ1) is 13.7. The molecule has 0 saturated carbocycles. The van der Waals surface area contributed by atoms with Crippen molar-refractivity contribution in [2.75, 3.05) is 29.1 Å². The van der Waals surface area contributed by atoms with Crippen LogP contribution in [-0.4, -0.2) is 45.1 Å². The van der Waals surface area contributed by atoms with Crippen molar-refractivity contribution < 1.29 is 0 Å².